The Balaban J connectivity index is 1.18. The van der Waals surface area contributed by atoms with E-state index < -0.39 is 40.5 Å². The SMILES string of the molecule is CN(C)c1ccc([Si](c2ccccc2P(CCP(c2ccccc2)c2ccccc2)c2ccccc2)c2ccccc2P(CCP(c2ccccc2)c2ccccc2)c2ccccc2)cc1. The van der Waals surface area contributed by atoms with Crippen molar-refractivity contribution in [1.82, 2.24) is 0 Å². The molecule has 0 spiro atoms. The fourth-order valence-electron chi connectivity index (χ4n) is 8.86. The highest BCUT2D eigenvalue weighted by Crippen LogP contribution is 2.43. The minimum absolute atomic E-state index is 0.546. The zero-order valence-electron chi connectivity index (χ0n) is 37.8. The van der Waals surface area contributed by atoms with Crippen LogP contribution >= 0.6 is 31.7 Å². The molecular weight excluding hydrogens is 887 g/mol. The van der Waals surface area contributed by atoms with Crippen LogP contribution in [0.1, 0.15) is 0 Å². The summed E-state index contributed by atoms with van der Waals surface area (Å²) in [5, 5.41) is 16.2. The maximum atomic E-state index is 2.50. The Kier molecular flexibility index (Phi) is 15.9. The Bertz CT molecular complexity index is 2600. The van der Waals surface area contributed by atoms with Crippen LogP contribution in [-0.2, 0) is 0 Å². The number of rotatable bonds is 18. The lowest BCUT2D eigenvalue weighted by molar-refractivity contribution is 1.13. The molecule has 325 valence electrons. The van der Waals surface area contributed by atoms with Crippen molar-refractivity contribution >= 4 is 104 Å². The summed E-state index contributed by atoms with van der Waals surface area (Å²) in [5.41, 5.74) is 1.23. The number of anilines is 1. The van der Waals surface area contributed by atoms with Crippen LogP contribution in [0.4, 0.5) is 5.69 Å². The largest absolute Gasteiger partial charge is 0.378 e. The topological polar surface area (TPSA) is 3.24 Å². The lowest BCUT2D eigenvalue weighted by Crippen LogP contribution is -2.60. The van der Waals surface area contributed by atoms with Crippen LogP contribution in [0, 0.1) is 0 Å². The molecule has 1 nitrogen and oxygen atoms in total. The molecule has 0 aliphatic carbocycles. The van der Waals surface area contributed by atoms with Crippen molar-refractivity contribution in [1.29, 1.82) is 0 Å². The van der Waals surface area contributed by atoms with Crippen LogP contribution < -0.4 is 62.9 Å². The maximum absolute atomic E-state index is 2.50. The second-order valence-corrected chi connectivity index (χ2v) is 28.2. The van der Waals surface area contributed by atoms with E-state index in [1.54, 1.807) is 0 Å². The molecule has 2 atom stereocenters. The zero-order chi connectivity index (χ0) is 44.9. The van der Waals surface area contributed by atoms with Crippen LogP contribution in [0.2, 0.25) is 0 Å². The summed E-state index contributed by atoms with van der Waals surface area (Å²) in [5.74, 6) is 0. The van der Waals surface area contributed by atoms with Crippen LogP contribution in [0.25, 0.3) is 0 Å². The Hall–Kier alpha value is -5.28. The van der Waals surface area contributed by atoms with Gasteiger partial charge in [0.25, 0.3) is 0 Å². The Morgan fingerprint density at radius 1 is 0.288 bits per heavy atom. The summed E-state index contributed by atoms with van der Waals surface area (Å²) in [6, 6.07) is 96.8. The summed E-state index contributed by atoms with van der Waals surface area (Å²) in [6.45, 7) is 0. The highest BCUT2D eigenvalue weighted by atomic mass is 31.1. The van der Waals surface area contributed by atoms with E-state index in [9.17, 15) is 0 Å². The van der Waals surface area contributed by atoms with E-state index in [1.165, 1.54) is 63.7 Å². The second kappa shape index (κ2) is 22.9. The Morgan fingerprint density at radius 3 is 0.848 bits per heavy atom. The first-order valence-corrected chi connectivity index (χ1v) is 30.5. The third-order valence-corrected chi connectivity index (χ3v) is 26.2. The van der Waals surface area contributed by atoms with Crippen molar-refractivity contribution in [3.8, 4) is 0 Å². The van der Waals surface area contributed by atoms with E-state index >= 15 is 0 Å². The van der Waals surface area contributed by atoms with Gasteiger partial charge in [-0.05, 0) is 121 Å². The Labute approximate surface area is 400 Å². The van der Waals surface area contributed by atoms with Crippen molar-refractivity contribution in [2.24, 2.45) is 0 Å². The van der Waals surface area contributed by atoms with E-state index in [1.807, 2.05) is 0 Å². The van der Waals surface area contributed by atoms with Crippen molar-refractivity contribution in [2.75, 3.05) is 43.6 Å². The maximum Gasteiger partial charge on any atom is 0.156 e. The summed E-state index contributed by atoms with van der Waals surface area (Å²) < 4.78 is 0. The molecule has 0 aliphatic heterocycles. The molecule has 9 aromatic carbocycles. The summed E-state index contributed by atoms with van der Waals surface area (Å²) >= 11 is 0. The van der Waals surface area contributed by atoms with Crippen LogP contribution in [-0.4, -0.2) is 47.5 Å². The first-order chi connectivity index (χ1) is 32.6. The third-order valence-electron chi connectivity index (χ3n) is 12.1. The van der Waals surface area contributed by atoms with Crippen LogP contribution in [0.5, 0.6) is 0 Å². The fourth-order valence-corrected chi connectivity index (χ4v) is 23.8. The van der Waals surface area contributed by atoms with Gasteiger partial charge in [-0.25, -0.2) is 0 Å². The normalized spacial score (nSPS) is 12.3. The zero-order valence-corrected chi connectivity index (χ0v) is 42.4. The highest BCUT2D eigenvalue weighted by Gasteiger charge is 2.31. The van der Waals surface area contributed by atoms with Gasteiger partial charge in [0, 0.05) is 19.8 Å². The van der Waals surface area contributed by atoms with Crippen LogP contribution in [0.15, 0.2) is 255 Å². The molecule has 66 heavy (non-hydrogen) atoms. The molecule has 6 heteroatoms. The van der Waals surface area contributed by atoms with Crippen molar-refractivity contribution in [3.63, 3.8) is 0 Å². The molecule has 1 radical (unpaired) electrons. The second-order valence-electron chi connectivity index (χ2n) is 16.5. The van der Waals surface area contributed by atoms with Gasteiger partial charge in [-0.2, -0.15) is 0 Å². The number of hydrogen-bond donors (Lipinski definition) is 0. The molecule has 9 aromatic rings. The third kappa shape index (κ3) is 11.1. The number of hydrogen-bond acceptors (Lipinski definition) is 1. The van der Waals surface area contributed by atoms with Crippen molar-refractivity contribution in [2.45, 2.75) is 0 Å². The summed E-state index contributed by atoms with van der Waals surface area (Å²) in [6.07, 6.45) is 4.47. The molecule has 0 saturated heterocycles. The van der Waals surface area contributed by atoms with E-state index in [-0.39, 0.29) is 0 Å². The van der Waals surface area contributed by atoms with E-state index in [2.05, 4.69) is 274 Å². The number of benzene rings is 9. The molecule has 9 rings (SSSR count). The first kappa shape index (κ1) is 45.9. The van der Waals surface area contributed by atoms with Crippen molar-refractivity contribution in [3.05, 3.63) is 255 Å². The molecular formula is C60H56NP4Si. The molecule has 0 heterocycles. The molecule has 0 fully saturated rings. The van der Waals surface area contributed by atoms with Gasteiger partial charge >= 0.3 is 0 Å². The molecule has 0 saturated carbocycles. The molecule has 0 aromatic heterocycles. The Morgan fingerprint density at radius 2 is 0.545 bits per heavy atom. The van der Waals surface area contributed by atoms with Gasteiger partial charge in [0.15, 0.2) is 8.80 Å². The van der Waals surface area contributed by atoms with Gasteiger partial charge in [0.05, 0.1) is 0 Å². The fraction of sp³-hybridized carbons (Fsp3) is 0.100. The lowest BCUT2D eigenvalue weighted by atomic mass is 10.3. The van der Waals surface area contributed by atoms with Crippen LogP contribution in [0.3, 0.4) is 0 Å². The average Bonchev–Trinajstić information content (AvgIpc) is 3.39. The molecule has 0 N–H and O–H groups in total. The van der Waals surface area contributed by atoms with Crippen molar-refractivity contribution < 1.29 is 0 Å². The predicted molar refractivity (Wildman–Crippen MR) is 301 cm³/mol. The minimum atomic E-state index is -1.54. The van der Waals surface area contributed by atoms with Gasteiger partial charge < -0.3 is 4.90 Å². The summed E-state index contributed by atoms with van der Waals surface area (Å²) in [7, 11) is 0.238. The van der Waals surface area contributed by atoms with Gasteiger partial charge in [-0.15, -0.1) is 0 Å². The molecule has 0 amide bonds. The van der Waals surface area contributed by atoms with Gasteiger partial charge in [0.2, 0.25) is 0 Å². The predicted octanol–water partition coefficient (Wildman–Crippen LogP) is 9.40. The monoisotopic (exact) mass is 942 g/mol. The van der Waals surface area contributed by atoms with Gasteiger partial charge in [-0.3, -0.25) is 0 Å². The standard InChI is InChI=1S/C60H56NP4Si/c1-61(2)49-41-43-56(44-42-49)66(59-39-23-21-37-57(59)64(54-33-17-7-18-34-54)47-45-62(50-25-9-3-10-26-50)51-27-11-4-12-28-51)60-40-24-22-38-58(60)65(55-35-19-8-20-36-55)48-46-63(52-29-13-5-14-30-52)53-31-15-6-16-32-53/h3-44H,45-48H2,1-2H3. The lowest BCUT2D eigenvalue weighted by Gasteiger charge is -2.30. The quantitative estimate of drug-likeness (QED) is 0.0472. The first-order valence-electron chi connectivity index (χ1n) is 22.9. The average molecular weight is 943 g/mol. The highest BCUT2D eigenvalue weighted by molar-refractivity contribution is 7.78. The van der Waals surface area contributed by atoms with Gasteiger partial charge in [0.1, 0.15) is 0 Å². The minimum Gasteiger partial charge on any atom is -0.378 e. The molecule has 2 unspecified atom stereocenters. The number of nitrogens with zero attached hydrogens (tertiary/aromatic N) is 1. The smallest absolute Gasteiger partial charge is 0.156 e. The van der Waals surface area contributed by atoms with E-state index in [4.69, 9.17) is 0 Å². The summed E-state index contributed by atoms with van der Waals surface area (Å²) in [4.78, 5) is 2.22. The molecule has 0 aliphatic rings. The van der Waals surface area contributed by atoms with E-state index in [0.717, 1.165) is 24.6 Å². The molecule has 0 bridgehead atoms. The van der Waals surface area contributed by atoms with Gasteiger partial charge in [-0.1, -0.05) is 248 Å². The van der Waals surface area contributed by atoms with E-state index in [0.29, 0.717) is 0 Å².